The third-order valence-corrected chi connectivity index (χ3v) is 7.80. The molecule has 7 heteroatoms. The molecule has 156 valence electrons. The number of thiazole rings is 1. The molecule has 0 spiro atoms. The van der Waals surface area contributed by atoms with E-state index in [0.717, 1.165) is 51.0 Å². The number of thioether (sulfide) groups is 1. The Balaban J connectivity index is 1.19. The van der Waals surface area contributed by atoms with E-state index in [1.165, 1.54) is 40.7 Å². The average Bonchev–Trinajstić information content (AvgIpc) is 3.52. The second-order valence-corrected chi connectivity index (χ2v) is 9.69. The van der Waals surface area contributed by atoms with E-state index in [0.29, 0.717) is 0 Å². The minimum atomic E-state index is 0.723. The molecule has 5 nitrogen and oxygen atoms in total. The lowest BCUT2D eigenvalue weighted by atomic mass is 10.2. The van der Waals surface area contributed by atoms with Gasteiger partial charge in [-0.2, -0.15) is 0 Å². The zero-order valence-corrected chi connectivity index (χ0v) is 18.9. The Hall–Kier alpha value is -1.73. The number of nitrogens with zero attached hydrogens (tertiary/aromatic N) is 4. The Morgan fingerprint density at radius 3 is 2.86 bits per heavy atom. The van der Waals surface area contributed by atoms with Crippen molar-refractivity contribution in [3.63, 3.8) is 0 Å². The summed E-state index contributed by atoms with van der Waals surface area (Å²) in [6.07, 6.45) is 4.79. The van der Waals surface area contributed by atoms with Gasteiger partial charge in [-0.05, 0) is 37.3 Å². The Labute approximate surface area is 182 Å². The summed E-state index contributed by atoms with van der Waals surface area (Å²) < 4.78 is 0. The van der Waals surface area contributed by atoms with Gasteiger partial charge in [-0.15, -0.1) is 23.1 Å². The summed E-state index contributed by atoms with van der Waals surface area (Å²) in [4.78, 5) is 15.5. The molecule has 4 rings (SSSR count). The summed E-state index contributed by atoms with van der Waals surface area (Å²) in [5, 5.41) is 6.96. The maximum Gasteiger partial charge on any atom is 0.193 e. The maximum atomic E-state index is 4.83. The van der Waals surface area contributed by atoms with E-state index in [9.17, 15) is 0 Å². The topological polar surface area (TPSA) is 43.8 Å². The predicted octanol–water partition coefficient (Wildman–Crippen LogP) is 3.98. The molecule has 1 atom stereocenters. The molecule has 0 amide bonds. The molecule has 2 saturated heterocycles. The van der Waals surface area contributed by atoms with E-state index in [1.54, 1.807) is 11.3 Å². The molecule has 3 heterocycles. The summed E-state index contributed by atoms with van der Waals surface area (Å²) in [5.41, 5.74) is 1.19. The number of hydrogen-bond acceptors (Lipinski definition) is 5. The number of guanidine groups is 1. The van der Waals surface area contributed by atoms with Gasteiger partial charge in [0.05, 0.1) is 5.69 Å². The third kappa shape index (κ3) is 5.66. The van der Waals surface area contributed by atoms with Gasteiger partial charge in [-0.3, -0.25) is 4.99 Å². The van der Waals surface area contributed by atoms with Gasteiger partial charge in [0.1, 0.15) is 0 Å². The van der Waals surface area contributed by atoms with Crippen LogP contribution in [0.15, 0.2) is 45.6 Å². The third-order valence-electron chi connectivity index (χ3n) is 5.61. The first kappa shape index (κ1) is 20.5. The largest absolute Gasteiger partial charge is 0.356 e. The van der Waals surface area contributed by atoms with Crippen LogP contribution in [-0.2, 0) is 6.42 Å². The average molecular weight is 430 g/mol. The fourth-order valence-electron chi connectivity index (χ4n) is 3.99. The van der Waals surface area contributed by atoms with Crippen LogP contribution in [0.2, 0.25) is 0 Å². The second-order valence-electron chi connectivity index (χ2n) is 7.76. The SMILES string of the molecule is CN=C(NCCc1csc(N2CCCC2)n1)N1CCC(CSc2ccccc2)C1. The molecule has 2 aliphatic heterocycles. The van der Waals surface area contributed by atoms with Gasteiger partial charge in [-0.1, -0.05) is 18.2 Å². The summed E-state index contributed by atoms with van der Waals surface area (Å²) in [5.74, 6) is 2.93. The molecule has 2 fully saturated rings. The van der Waals surface area contributed by atoms with Crippen LogP contribution in [-0.4, -0.2) is 61.4 Å². The van der Waals surface area contributed by atoms with E-state index in [-0.39, 0.29) is 0 Å². The summed E-state index contributed by atoms with van der Waals surface area (Å²) in [7, 11) is 1.89. The molecule has 0 bridgehead atoms. The van der Waals surface area contributed by atoms with E-state index >= 15 is 0 Å². The number of likely N-dealkylation sites (tertiary alicyclic amines) is 1. The Morgan fingerprint density at radius 2 is 2.07 bits per heavy atom. The monoisotopic (exact) mass is 429 g/mol. The van der Waals surface area contributed by atoms with Crippen LogP contribution < -0.4 is 10.2 Å². The quantitative estimate of drug-likeness (QED) is 0.410. The van der Waals surface area contributed by atoms with Crippen molar-refractivity contribution < 1.29 is 0 Å². The minimum Gasteiger partial charge on any atom is -0.356 e. The normalized spacial score (nSPS) is 19.9. The van der Waals surface area contributed by atoms with Gasteiger partial charge in [0.2, 0.25) is 0 Å². The standard InChI is InChI=1S/C22H31N5S2/c1-23-21(24-11-9-19-17-29-22(25-19)26-12-5-6-13-26)27-14-10-18(15-27)16-28-20-7-3-2-4-8-20/h2-4,7-8,17-18H,5-6,9-16H2,1H3,(H,23,24). The highest BCUT2D eigenvalue weighted by Crippen LogP contribution is 2.26. The minimum absolute atomic E-state index is 0.723. The van der Waals surface area contributed by atoms with Gasteiger partial charge in [-0.25, -0.2) is 4.98 Å². The Morgan fingerprint density at radius 1 is 1.24 bits per heavy atom. The number of nitrogens with one attached hydrogen (secondary N) is 1. The number of benzene rings is 1. The molecule has 1 aromatic carbocycles. The van der Waals surface area contributed by atoms with Crippen molar-refractivity contribution in [2.24, 2.45) is 10.9 Å². The second kappa shape index (κ2) is 10.3. The Kier molecular flexibility index (Phi) is 7.33. The summed E-state index contributed by atoms with van der Waals surface area (Å²) >= 11 is 3.75. The van der Waals surface area contributed by atoms with Crippen LogP contribution in [0.4, 0.5) is 5.13 Å². The molecule has 1 aromatic heterocycles. The number of anilines is 1. The lowest BCUT2D eigenvalue weighted by Gasteiger charge is -2.21. The van der Waals surface area contributed by atoms with E-state index < -0.39 is 0 Å². The van der Waals surface area contributed by atoms with Crippen LogP contribution >= 0.6 is 23.1 Å². The van der Waals surface area contributed by atoms with E-state index in [1.807, 2.05) is 18.8 Å². The molecular weight excluding hydrogens is 398 g/mol. The molecule has 1 N–H and O–H groups in total. The van der Waals surface area contributed by atoms with Gasteiger partial charge in [0.25, 0.3) is 0 Å². The first-order valence-corrected chi connectivity index (χ1v) is 12.5. The van der Waals surface area contributed by atoms with E-state index in [4.69, 9.17) is 4.98 Å². The maximum absolute atomic E-state index is 4.83. The number of aliphatic imine (C=N–C) groups is 1. The number of hydrogen-bond donors (Lipinski definition) is 1. The van der Waals surface area contributed by atoms with Crippen molar-refractivity contribution in [2.75, 3.05) is 50.4 Å². The van der Waals surface area contributed by atoms with Gasteiger partial charge >= 0.3 is 0 Å². The molecule has 29 heavy (non-hydrogen) atoms. The molecule has 0 aliphatic carbocycles. The lowest BCUT2D eigenvalue weighted by Crippen LogP contribution is -2.41. The van der Waals surface area contributed by atoms with Crippen molar-refractivity contribution in [3.8, 4) is 0 Å². The van der Waals surface area contributed by atoms with Crippen molar-refractivity contribution in [1.29, 1.82) is 0 Å². The zero-order chi connectivity index (χ0) is 19.9. The summed E-state index contributed by atoms with van der Waals surface area (Å²) in [6.45, 7) is 5.40. The van der Waals surface area contributed by atoms with Gasteiger partial charge in [0.15, 0.2) is 11.1 Å². The molecule has 2 aliphatic rings. The Bertz CT molecular complexity index is 786. The first-order valence-electron chi connectivity index (χ1n) is 10.6. The zero-order valence-electron chi connectivity index (χ0n) is 17.2. The molecule has 1 unspecified atom stereocenters. The molecule has 0 radical (unpaired) electrons. The van der Waals surface area contributed by atoms with Gasteiger partial charge in [0, 0.05) is 62.2 Å². The van der Waals surface area contributed by atoms with Crippen molar-refractivity contribution >= 4 is 34.2 Å². The van der Waals surface area contributed by atoms with Crippen LogP contribution in [0.1, 0.15) is 25.0 Å². The van der Waals surface area contributed by atoms with Crippen LogP contribution in [0.25, 0.3) is 0 Å². The fraction of sp³-hybridized carbons (Fsp3) is 0.545. The van der Waals surface area contributed by atoms with Gasteiger partial charge < -0.3 is 15.1 Å². The predicted molar refractivity (Wildman–Crippen MR) is 125 cm³/mol. The molecular formula is C22H31N5S2. The molecule has 2 aromatic rings. The number of rotatable bonds is 7. The fourth-order valence-corrected chi connectivity index (χ4v) is 5.95. The van der Waals surface area contributed by atoms with Crippen LogP contribution in [0.3, 0.4) is 0 Å². The van der Waals surface area contributed by atoms with Crippen molar-refractivity contribution in [3.05, 3.63) is 41.4 Å². The van der Waals surface area contributed by atoms with Crippen molar-refractivity contribution in [1.82, 2.24) is 15.2 Å². The highest BCUT2D eigenvalue weighted by atomic mass is 32.2. The smallest absolute Gasteiger partial charge is 0.193 e. The van der Waals surface area contributed by atoms with Crippen molar-refractivity contribution in [2.45, 2.75) is 30.6 Å². The number of aromatic nitrogens is 1. The first-order chi connectivity index (χ1) is 14.3. The summed E-state index contributed by atoms with van der Waals surface area (Å²) in [6, 6.07) is 10.7. The van der Waals surface area contributed by atoms with Crippen LogP contribution in [0.5, 0.6) is 0 Å². The highest BCUT2D eigenvalue weighted by molar-refractivity contribution is 7.99. The van der Waals surface area contributed by atoms with E-state index in [2.05, 4.69) is 55.8 Å². The lowest BCUT2D eigenvalue weighted by molar-refractivity contribution is 0.475. The molecule has 0 saturated carbocycles. The highest BCUT2D eigenvalue weighted by Gasteiger charge is 2.25. The van der Waals surface area contributed by atoms with Crippen LogP contribution in [0, 0.1) is 5.92 Å².